The van der Waals surface area contributed by atoms with E-state index in [-0.39, 0.29) is 12.0 Å². The molecule has 2 fully saturated rings. The second-order valence-electron chi connectivity index (χ2n) is 6.44. The third-order valence-corrected chi connectivity index (χ3v) is 4.70. The van der Waals surface area contributed by atoms with Gasteiger partial charge >= 0.3 is 6.61 Å². The number of halogens is 2. The smallest absolute Gasteiger partial charge is 0.388 e. The number of nitrogens with zero attached hydrogens (tertiary/aromatic N) is 5. The van der Waals surface area contributed by atoms with E-state index in [9.17, 15) is 8.78 Å². The minimum Gasteiger partial charge on any atom is -0.417 e. The Bertz CT molecular complexity index is 943. The lowest BCUT2D eigenvalue weighted by atomic mass is 10.2. The quantitative estimate of drug-likeness (QED) is 0.690. The molecule has 1 aliphatic carbocycles. The van der Waals surface area contributed by atoms with Crippen LogP contribution in [0.3, 0.4) is 0 Å². The van der Waals surface area contributed by atoms with Gasteiger partial charge in [0.05, 0.1) is 31.6 Å². The predicted molar refractivity (Wildman–Crippen MR) is 85.2 cm³/mol. The summed E-state index contributed by atoms with van der Waals surface area (Å²) >= 11 is 0. The van der Waals surface area contributed by atoms with Crippen LogP contribution in [0.25, 0.3) is 11.2 Å². The Morgan fingerprint density at radius 3 is 3.08 bits per heavy atom. The summed E-state index contributed by atoms with van der Waals surface area (Å²) in [6.45, 7) is -1.45. The van der Waals surface area contributed by atoms with Crippen molar-refractivity contribution in [2.24, 2.45) is 11.8 Å². The standard InChI is InChI=1S/C15H15F2N7O2/c16-15(17)26-13-2-11(22-23-13)20-12-4-18-9-3-19-24(14(9)21-12)5-10-8-1-7(8)6-25-10/h2-4,7-8,10,15H,1,5-6H2,(H2,20,21,22,23). The van der Waals surface area contributed by atoms with Crippen molar-refractivity contribution >= 4 is 22.8 Å². The summed E-state index contributed by atoms with van der Waals surface area (Å²) in [6.07, 6.45) is 4.58. The highest BCUT2D eigenvalue weighted by Crippen LogP contribution is 2.48. The van der Waals surface area contributed by atoms with E-state index in [1.54, 1.807) is 10.9 Å². The van der Waals surface area contributed by atoms with Crippen molar-refractivity contribution in [3.63, 3.8) is 0 Å². The number of nitrogens with one attached hydrogen (secondary N) is 2. The zero-order chi connectivity index (χ0) is 17.7. The summed E-state index contributed by atoms with van der Waals surface area (Å²) in [4.78, 5) is 8.83. The van der Waals surface area contributed by atoms with Gasteiger partial charge in [0.15, 0.2) is 17.3 Å². The number of hydrogen-bond acceptors (Lipinski definition) is 7. The molecule has 3 atom stereocenters. The molecule has 3 aromatic rings. The van der Waals surface area contributed by atoms with Crippen LogP contribution in [0.2, 0.25) is 0 Å². The third kappa shape index (κ3) is 2.83. The number of aromatic nitrogens is 6. The molecule has 11 heteroatoms. The number of ether oxygens (including phenoxy) is 2. The molecule has 2 aliphatic rings. The van der Waals surface area contributed by atoms with Crippen LogP contribution >= 0.6 is 0 Å². The molecule has 0 amide bonds. The molecule has 2 N–H and O–H groups in total. The van der Waals surface area contributed by atoms with Crippen LogP contribution in [-0.2, 0) is 11.3 Å². The molecule has 0 aromatic carbocycles. The van der Waals surface area contributed by atoms with Crippen molar-refractivity contribution in [2.45, 2.75) is 25.7 Å². The first-order chi connectivity index (χ1) is 12.7. The minimum absolute atomic E-state index is 0.140. The monoisotopic (exact) mass is 363 g/mol. The average Bonchev–Trinajstić information content (AvgIpc) is 2.91. The molecule has 4 heterocycles. The van der Waals surface area contributed by atoms with Gasteiger partial charge in [-0.05, 0) is 18.3 Å². The van der Waals surface area contributed by atoms with E-state index in [0.717, 1.165) is 6.61 Å². The van der Waals surface area contributed by atoms with Gasteiger partial charge in [-0.25, -0.2) is 19.7 Å². The molecule has 1 aliphatic heterocycles. The minimum atomic E-state index is -2.92. The van der Waals surface area contributed by atoms with Gasteiger partial charge in [-0.15, -0.1) is 0 Å². The van der Waals surface area contributed by atoms with E-state index in [1.165, 1.54) is 18.7 Å². The van der Waals surface area contributed by atoms with Gasteiger partial charge in [-0.3, -0.25) is 0 Å². The van der Waals surface area contributed by atoms with Crippen molar-refractivity contribution in [2.75, 3.05) is 11.9 Å². The molecule has 0 radical (unpaired) electrons. The molecule has 1 saturated carbocycles. The first kappa shape index (κ1) is 15.4. The topological polar surface area (TPSA) is 103 Å². The van der Waals surface area contributed by atoms with Crippen LogP contribution in [0.5, 0.6) is 5.88 Å². The fraction of sp³-hybridized carbons (Fsp3) is 0.467. The molecule has 26 heavy (non-hydrogen) atoms. The zero-order valence-electron chi connectivity index (χ0n) is 13.5. The van der Waals surface area contributed by atoms with Crippen LogP contribution in [0.15, 0.2) is 18.5 Å². The van der Waals surface area contributed by atoms with Crippen molar-refractivity contribution in [1.82, 2.24) is 29.9 Å². The van der Waals surface area contributed by atoms with Gasteiger partial charge < -0.3 is 14.8 Å². The van der Waals surface area contributed by atoms with E-state index in [4.69, 9.17) is 4.74 Å². The van der Waals surface area contributed by atoms with Crippen LogP contribution in [-0.4, -0.2) is 49.3 Å². The first-order valence-corrected chi connectivity index (χ1v) is 8.23. The number of rotatable bonds is 6. The zero-order valence-corrected chi connectivity index (χ0v) is 13.5. The van der Waals surface area contributed by atoms with Gasteiger partial charge in [0, 0.05) is 6.07 Å². The van der Waals surface area contributed by atoms with Crippen molar-refractivity contribution in [3.8, 4) is 5.88 Å². The highest BCUT2D eigenvalue weighted by atomic mass is 19.3. The summed E-state index contributed by atoms with van der Waals surface area (Å²) in [5.74, 6) is 1.90. The molecular weight excluding hydrogens is 348 g/mol. The Balaban J connectivity index is 1.35. The Labute approximate surface area is 145 Å². The maximum Gasteiger partial charge on any atom is 0.388 e. The van der Waals surface area contributed by atoms with E-state index in [0.29, 0.717) is 41.2 Å². The van der Waals surface area contributed by atoms with Gasteiger partial charge in [0.2, 0.25) is 5.88 Å². The van der Waals surface area contributed by atoms with E-state index in [1.807, 2.05) is 0 Å². The Kier molecular flexibility index (Phi) is 3.48. The number of H-pyrrole nitrogens is 1. The average molecular weight is 363 g/mol. The van der Waals surface area contributed by atoms with Crippen LogP contribution < -0.4 is 10.1 Å². The lowest BCUT2D eigenvalue weighted by Gasteiger charge is -2.12. The van der Waals surface area contributed by atoms with E-state index >= 15 is 0 Å². The van der Waals surface area contributed by atoms with Crippen molar-refractivity contribution in [1.29, 1.82) is 0 Å². The maximum absolute atomic E-state index is 12.2. The lowest BCUT2D eigenvalue weighted by molar-refractivity contribution is -0.0528. The first-order valence-electron chi connectivity index (χ1n) is 8.23. The fourth-order valence-electron chi connectivity index (χ4n) is 3.35. The molecule has 1 saturated heterocycles. The number of fused-ring (bicyclic) bond motifs is 2. The number of hydrogen-bond donors (Lipinski definition) is 2. The number of anilines is 2. The molecule has 0 spiro atoms. The van der Waals surface area contributed by atoms with Gasteiger partial charge in [-0.2, -0.15) is 19.0 Å². The van der Waals surface area contributed by atoms with Crippen molar-refractivity contribution < 1.29 is 18.3 Å². The summed E-state index contributed by atoms with van der Waals surface area (Å²) in [7, 11) is 0. The largest absolute Gasteiger partial charge is 0.417 e. The second kappa shape index (κ2) is 5.87. The molecule has 9 nitrogen and oxygen atoms in total. The van der Waals surface area contributed by atoms with E-state index < -0.39 is 6.61 Å². The molecule has 3 unspecified atom stereocenters. The maximum atomic E-state index is 12.2. The third-order valence-electron chi connectivity index (χ3n) is 4.70. The van der Waals surface area contributed by atoms with Crippen molar-refractivity contribution in [3.05, 3.63) is 18.5 Å². The fourth-order valence-corrected chi connectivity index (χ4v) is 3.35. The number of aromatic amines is 1. The summed E-state index contributed by atoms with van der Waals surface area (Å²) < 4.78 is 36.2. The molecule has 5 rings (SSSR count). The summed E-state index contributed by atoms with van der Waals surface area (Å²) in [5, 5.41) is 13.5. The van der Waals surface area contributed by atoms with Gasteiger partial charge in [0.25, 0.3) is 0 Å². The highest BCUT2D eigenvalue weighted by Gasteiger charge is 2.49. The number of alkyl halides is 2. The summed E-state index contributed by atoms with van der Waals surface area (Å²) in [6, 6.07) is 1.31. The Morgan fingerprint density at radius 1 is 1.38 bits per heavy atom. The molecule has 0 bridgehead atoms. The van der Waals surface area contributed by atoms with Crippen LogP contribution in [0.1, 0.15) is 6.42 Å². The SMILES string of the molecule is FC(F)Oc1cc(Nc2cnc3cnn(CC4OCC5CC54)c3n2)n[nH]1. The van der Waals surface area contributed by atoms with Gasteiger partial charge in [0.1, 0.15) is 5.52 Å². The lowest BCUT2D eigenvalue weighted by Crippen LogP contribution is -2.20. The van der Waals surface area contributed by atoms with E-state index in [2.05, 4.69) is 35.3 Å². The summed E-state index contributed by atoms with van der Waals surface area (Å²) in [5.41, 5.74) is 1.30. The van der Waals surface area contributed by atoms with Crippen LogP contribution in [0.4, 0.5) is 20.4 Å². The normalized spacial score (nSPS) is 24.2. The Morgan fingerprint density at radius 2 is 2.31 bits per heavy atom. The molecule has 3 aromatic heterocycles. The highest BCUT2D eigenvalue weighted by molar-refractivity contribution is 5.71. The second-order valence-corrected chi connectivity index (χ2v) is 6.44. The molecular formula is C15H15F2N7O2. The molecule has 136 valence electrons. The Hall–Kier alpha value is -2.82. The van der Waals surface area contributed by atoms with Crippen LogP contribution in [0, 0.1) is 11.8 Å². The predicted octanol–water partition coefficient (Wildman–Crippen LogP) is 1.93. The van der Waals surface area contributed by atoms with Gasteiger partial charge in [-0.1, -0.05) is 0 Å².